The van der Waals surface area contributed by atoms with Gasteiger partial charge in [-0.3, -0.25) is 4.79 Å². The molecule has 0 aromatic heterocycles. The van der Waals surface area contributed by atoms with Crippen LogP contribution in [-0.4, -0.2) is 16.5 Å². The van der Waals surface area contributed by atoms with Gasteiger partial charge in [-0.2, -0.15) is 0 Å². The highest BCUT2D eigenvalue weighted by atomic mass is 31.2. The lowest BCUT2D eigenvalue weighted by Gasteiger charge is -2.29. The third kappa shape index (κ3) is 4.41. The molecule has 1 N–H and O–H groups in total. The maximum absolute atomic E-state index is 15.6. The van der Waals surface area contributed by atoms with E-state index in [0.29, 0.717) is 45.5 Å². The summed E-state index contributed by atoms with van der Waals surface area (Å²) in [5.41, 5.74) is 2.26. The number of carbonyl (C=O) groups is 1. The Morgan fingerprint density at radius 2 is 1.08 bits per heavy atom. The first-order valence-corrected chi connectivity index (χ1v) is 13.9. The summed E-state index contributed by atoms with van der Waals surface area (Å²) >= 11 is 0. The van der Waals surface area contributed by atoms with E-state index < -0.39 is 12.7 Å². The Balaban J connectivity index is 1.91. The van der Waals surface area contributed by atoms with Crippen LogP contribution in [0.3, 0.4) is 0 Å². The van der Waals surface area contributed by atoms with E-state index in [0.717, 1.165) is 11.1 Å². The predicted octanol–water partition coefficient (Wildman–Crippen LogP) is 6.44. The van der Waals surface area contributed by atoms with Gasteiger partial charge in [0.1, 0.15) is 0 Å². The Morgan fingerprint density at radius 3 is 1.50 bits per heavy atom. The molecule has 0 saturated heterocycles. The lowest BCUT2D eigenvalue weighted by Crippen LogP contribution is -2.27. The fourth-order valence-corrected chi connectivity index (χ4v) is 7.98. The molecule has 0 aliphatic heterocycles. The van der Waals surface area contributed by atoms with Crippen molar-refractivity contribution in [2.75, 3.05) is 0 Å². The van der Waals surface area contributed by atoms with E-state index in [2.05, 4.69) is 0 Å². The number of benzene rings is 4. The number of ketones is 1. The van der Waals surface area contributed by atoms with Gasteiger partial charge >= 0.3 is 0 Å². The average Bonchev–Trinajstić information content (AvgIpc) is 3.65. The van der Waals surface area contributed by atoms with E-state index in [-0.39, 0.29) is 5.78 Å². The van der Waals surface area contributed by atoms with Gasteiger partial charge in [0, 0.05) is 27.1 Å². The molecular formula is C32H29O3P. The van der Waals surface area contributed by atoms with Gasteiger partial charge in [0.15, 0.2) is 12.9 Å². The van der Waals surface area contributed by atoms with Crippen LogP contribution in [0.25, 0.3) is 5.57 Å². The summed E-state index contributed by atoms with van der Waals surface area (Å²) in [6.45, 7) is 3.97. The molecule has 0 bridgehead atoms. The zero-order chi connectivity index (χ0) is 25.3. The molecule has 1 saturated carbocycles. The molecule has 0 spiro atoms. The number of allylic oxidation sites excluding steroid dienone is 1. The first kappa shape index (κ1) is 24.2. The lowest BCUT2D eigenvalue weighted by molar-refractivity contribution is 0.105. The molecule has 0 radical (unpaired) electrons. The Morgan fingerprint density at radius 1 is 0.667 bits per heavy atom. The Kier molecular flexibility index (Phi) is 6.38. The number of carbonyl (C=O) groups excluding carboxylic acids is 1. The number of aliphatic hydroxyl groups is 1. The van der Waals surface area contributed by atoms with Crippen LogP contribution in [0.5, 0.6) is 0 Å². The summed E-state index contributed by atoms with van der Waals surface area (Å²) in [6.07, 6.45) is 0.922. The minimum absolute atomic E-state index is 0.239. The van der Waals surface area contributed by atoms with E-state index in [9.17, 15) is 9.90 Å². The van der Waals surface area contributed by atoms with Gasteiger partial charge in [-0.05, 0) is 32.3 Å². The second-order valence-electron chi connectivity index (χ2n) is 9.60. The molecule has 4 aromatic carbocycles. The standard InChI is InChI=1S/C32H29O3P/c1-23-13-17-27(18-14-23)36(35,28-19-15-24(2)16-20-28)31(32(34)21-22-32)29(25-9-5-3-6-10-25)30(33)26-11-7-4-8-12-26/h3-20,34H,21-22H2,1-2H3/b31-29-. The molecule has 5 rings (SSSR count). The molecule has 0 atom stereocenters. The van der Waals surface area contributed by atoms with E-state index in [1.807, 2.05) is 111 Å². The fraction of sp³-hybridized carbons (Fsp3) is 0.156. The molecule has 4 aromatic rings. The molecule has 36 heavy (non-hydrogen) atoms. The molecule has 3 nitrogen and oxygen atoms in total. The number of hydrogen-bond donors (Lipinski definition) is 1. The van der Waals surface area contributed by atoms with Crippen molar-refractivity contribution in [1.82, 2.24) is 0 Å². The monoisotopic (exact) mass is 492 g/mol. The Bertz CT molecular complexity index is 1410. The third-order valence-electron chi connectivity index (χ3n) is 6.84. The van der Waals surface area contributed by atoms with Crippen molar-refractivity contribution < 1.29 is 14.5 Å². The van der Waals surface area contributed by atoms with Crippen LogP contribution in [0.4, 0.5) is 0 Å². The highest BCUT2D eigenvalue weighted by molar-refractivity contribution is 7.82. The maximum Gasteiger partial charge on any atom is 0.194 e. The smallest absolute Gasteiger partial charge is 0.194 e. The lowest BCUT2D eigenvalue weighted by atomic mass is 9.94. The zero-order valence-corrected chi connectivity index (χ0v) is 21.4. The minimum Gasteiger partial charge on any atom is -0.385 e. The van der Waals surface area contributed by atoms with Crippen LogP contribution < -0.4 is 10.6 Å². The second-order valence-corrected chi connectivity index (χ2v) is 12.3. The van der Waals surface area contributed by atoms with E-state index in [1.54, 1.807) is 12.1 Å². The fourth-order valence-electron chi connectivity index (χ4n) is 4.67. The van der Waals surface area contributed by atoms with Crippen molar-refractivity contribution in [2.24, 2.45) is 0 Å². The van der Waals surface area contributed by atoms with E-state index in [1.165, 1.54) is 0 Å². The molecule has 0 amide bonds. The van der Waals surface area contributed by atoms with Gasteiger partial charge in [0.2, 0.25) is 0 Å². The zero-order valence-electron chi connectivity index (χ0n) is 20.5. The maximum atomic E-state index is 15.6. The molecular weight excluding hydrogens is 463 g/mol. The number of Topliss-reactive ketones (excluding diaryl/α,β-unsaturated/α-hetero) is 1. The van der Waals surface area contributed by atoms with E-state index in [4.69, 9.17) is 0 Å². The first-order chi connectivity index (χ1) is 17.3. The molecule has 180 valence electrons. The van der Waals surface area contributed by atoms with Crippen molar-refractivity contribution in [3.8, 4) is 0 Å². The van der Waals surface area contributed by atoms with Crippen LogP contribution in [0.15, 0.2) is 115 Å². The van der Waals surface area contributed by atoms with Crippen LogP contribution >= 0.6 is 7.14 Å². The van der Waals surface area contributed by atoms with Gasteiger partial charge in [-0.1, -0.05) is 120 Å². The summed E-state index contributed by atoms with van der Waals surface area (Å²) in [5.74, 6) is -0.239. The van der Waals surface area contributed by atoms with Crippen LogP contribution in [0.1, 0.15) is 39.9 Å². The van der Waals surface area contributed by atoms with Crippen LogP contribution in [0.2, 0.25) is 0 Å². The minimum atomic E-state index is -3.62. The SMILES string of the molecule is Cc1ccc(P(=O)(/C(=C(\C(=O)c2ccccc2)c2ccccc2)C2(O)CC2)c2ccc(C)cc2)cc1. The topological polar surface area (TPSA) is 54.4 Å². The molecule has 4 heteroatoms. The van der Waals surface area contributed by atoms with Gasteiger partial charge in [-0.15, -0.1) is 0 Å². The van der Waals surface area contributed by atoms with Crippen molar-refractivity contribution in [3.05, 3.63) is 137 Å². The molecule has 0 unspecified atom stereocenters. The number of rotatable bonds is 7. The van der Waals surface area contributed by atoms with Crippen LogP contribution in [-0.2, 0) is 4.57 Å². The van der Waals surface area contributed by atoms with Crippen molar-refractivity contribution in [3.63, 3.8) is 0 Å². The molecule has 1 fully saturated rings. The largest absolute Gasteiger partial charge is 0.385 e. The second kappa shape index (κ2) is 9.50. The highest BCUT2D eigenvalue weighted by Gasteiger charge is 2.54. The molecule has 0 heterocycles. The quantitative estimate of drug-likeness (QED) is 0.184. The summed E-state index contributed by atoms with van der Waals surface area (Å²) in [7, 11) is -3.62. The first-order valence-electron chi connectivity index (χ1n) is 12.2. The van der Waals surface area contributed by atoms with Gasteiger partial charge in [0.25, 0.3) is 0 Å². The molecule has 1 aliphatic rings. The summed E-state index contributed by atoms with van der Waals surface area (Å²) < 4.78 is 15.6. The normalized spacial score (nSPS) is 15.2. The van der Waals surface area contributed by atoms with Gasteiger partial charge in [-0.25, -0.2) is 0 Å². The van der Waals surface area contributed by atoms with Crippen molar-refractivity contribution in [2.45, 2.75) is 32.3 Å². The van der Waals surface area contributed by atoms with Gasteiger partial charge < -0.3 is 9.67 Å². The third-order valence-corrected chi connectivity index (χ3v) is 10.2. The Labute approximate surface area is 212 Å². The van der Waals surface area contributed by atoms with Gasteiger partial charge in [0.05, 0.1) is 5.60 Å². The summed E-state index contributed by atoms with van der Waals surface area (Å²) in [4.78, 5) is 14.2. The summed E-state index contributed by atoms with van der Waals surface area (Å²) in [6, 6.07) is 33.6. The van der Waals surface area contributed by atoms with Crippen molar-refractivity contribution in [1.29, 1.82) is 0 Å². The van der Waals surface area contributed by atoms with Crippen molar-refractivity contribution >= 4 is 29.1 Å². The predicted molar refractivity (Wildman–Crippen MR) is 148 cm³/mol. The average molecular weight is 493 g/mol. The number of aryl methyl sites for hydroxylation is 2. The van der Waals surface area contributed by atoms with Crippen LogP contribution in [0, 0.1) is 13.8 Å². The Hall–Kier alpha value is -3.52. The molecule has 1 aliphatic carbocycles. The number of hydrogen-bond acceptors (Lipinski definition) is 3. The summed E-state index contributed by atoms with van der Waals surface area (Å²) in [5, 5.41) is 13.4. The van der Waals surface area contributed by atoms with E-state index >= 15 is 4.57 Å². The highest BCUT2D eigenvalue weighted by Crippen LogP contribution is 2.64.